The standard InChI is InChI=1S/C23H13ClFN3O2S/c24-16-3-1-2-15(12-16)19-10-9-18(30-19)13-20-22(29)28-23(31-20)26-21(27-28)11-6-14-4-7-17(25)8-5-14/h1-13H. The molecule has 0 N–H and O–H groups in total. The predicted octanol–water partition coefficient (Wildman–Crippen LogP) is 4.92. The van der Waals surface area contributed by atoms with Crippen molar-refractivity contribution in [1.29, 1.82) is 0 Å². The number of rotatable bonds is 4. The summed E-state index contributed by atoms with van der Waals surface area (Å²) in [4.78, 5) is 17.6. The Morgan fingerprint density at radius 3 is 2.68 bits per heavy atom. The van der Waals surface area contributed by atoms with E-state index in [1.54, 1.807) is 42.5 Å². The highest BCUT2D eigenvalue weighted by molar-refractivity contribution is 7.15. The molecule has 0 saturated carbocycles. The van der Waals surface area contributed by atoms with Gasteiger partial charge in [-0.25, -0.2) is 4.39 Å². The van der Waals surface area contributed by atoms with Crippen LogP contribution in [0.15, 0.2) is 69.9 Å². The van der Waals surface area contributed by atoms with Crippen molar-refractivity contribution in [3.05, 3.63) is 104 Å². The largest absolute Gasteiger partial charge is 0.457 e. The molecule has 152 valence electrons. The summed E-state index contributed by atoms with van der Waals surface area (Å²) >= 11 is 7.26. The van der Waals surface area contributed by atoms with Gasteiger partial charge in [-0.3, -0.25) is 4.79 Å². The van der Waals surface area contributed by atoms with E-state index in [-0.39, 0.29) is 11.4 Å². The summed E-state index contributed by atoms with van der Waals surface area (Å²) in [7, 11) is 0. The first kappa shape index (κ1) is 19.4. The first-order valence-corrected chi connectivity index (χ1v) is 10.5. The van der Waals surface area contributed by atoms with Crippen molar-refractivity contribution in [2.75, 3.05) is 0 Å². The fourth-order valence-corrected chi connectivity index (χ4v) is 4.11. The lowest BCUT2D eigenvalue weighted by Crippen LogP contribution is -2.23. The van der Waals surface area contributed by atoms with Gasteiger partial charge in [0.15, 0.2) is 5.82 Å². The molecule has 3 aromatic heterocycles. The van der Waals surface area contributed by atoms with E-state index in [2.05, 4.69) is 10.1 Å². The highest BCUT2D eigenvalue weighted by Gasteiger charge is 2.10. The smallest absolute Gasteiger partial charge is 0.291 e. The van der Waals surface area contributed by atoms with E-state index in [1.807, 2.05) is 24.3 Å². The van der Waals surface area contributed by atoms with Gasteiger partial charge in [-0.2, -0.15) is 9.50 Å². The molecule has 3 heterocycles. The second kappa shape index (κ2) is 7.94. The lowest BCUT2D eigenvalue weighted by atomic mass is 10.2. The third-order valence-electron chi connectivity index (χ3n) is 4.50. The summed E-state index contributed by atoms with van der Waals surface area (Å²) in [5.74, 6) is 1.32. The van der Waals surface area contributed by atoms with Crippen molar-refractivity contribution in [3.8, 4) is 11.3 Å². The second-order valence-corrected chi connectivity index (χ2v) is 8.12. The van der Waals surface area contributed by atoms with Crippen LogP contribution in [0.2, 0.25) is 5.02 Å². The van der Waals surface area contributed by atoms with Crippen LogP contribution >= 0.6 is 22.9 Å². The Hall–Kier alpha value is -3.55. The first-order valence-electron chi connectivity index (χ1n) is 9.26. The van der Waals surface area contributed by atoms with Gasteiger partial charge in [0, 0.05) is 16.7 Å². The number of hydrogen-bond donors (Lipinski definition) is 0. The van der Waals surface area contributed by atoms with Crippen LogP contribution < -0.4 is 10.1 Å². The molecule has 5 nitrogen and oxygen atoms in total. The van der Waals surface area contributed by atoms with Crippen molar-refractivity contribution in [2.45, 2.75) is 0 Å². The van der Waals surface area contributed by atoms with Gasteiger partial charge in [0.2, 0.25) is 4.96 Å². The maximum Gasteiger partial charge on any atom is 0.291 e. The minimum absolute atomic E-state index is 0.269. The van der Waals surface area contributed by atoms with E-state index < -0.39 is 0 Å². The average Bonchev–Trinajstić information content (AvgIpc) is 3.45. The minimum Gasteiger partial charge on any atom is -0.457 e. The number of thiazole rings is 1. The van der Waals surface area contributed by atoms with E-state index >= 15 is 0 Å². The van der Waals surface area contributed by atoms with Gasteiger partial charge in [0.25, 0.3) is 5.56 Å². The zero-order valence-corrected chi connectivity index (χ0v) is 17.4. The monoisotopic (exact) mass is 449 g/mol. The minimum atomic E-state index is -0.297. The molecule has 0 aliphatic carbocycles. The molecule has 0 spiro atoms. The molecule has 0 aliphatic rings. The van der Waals surface area contributed by atoms with Crippen LogP contribution in [0.25, 0.3) is 34.5 Å². The molecular formula is C23H13ClFN3O2S. The average molecular weight is 450 g/mol. The molecular weight excluding hydrogens is 437 g/mol. The maximum atomic E-state index is 13.0. The summed E-state index contributed by atoms with van der Waals surface area (Å²) in [6, 6.07) is 17.0. The zero-order valence-electron chi connectivity index (χ0n) is 15.8. The van der Waals surface area contributed by atoms with Crippen LogP contribution in [0.5, 0.6) is 0 Å². The number of benzene rings is 2. The third kappa shape index (κ3) is 4.05. The quantitative estimate of drug-likeness (QED) is 0.390. The topological polar surface area (TPSA) is 60.4 Å². The van der Waals surface area contributed by atoms with Crippen LogP contribution in [0, 0.1) is 5.82 Å². The molecule has 8 heteroatoms. The SMILES string of the molecule is O=c1c(=Cc2ccc(-c3cccc(Cl)c3)o2)sc2nc(C=Cc3ccc(F)cc3)nn12. The number of aromatic nitrogens is 3. The van der Waals surface area contributed by atoms with Crippen molar-refractivity contribution in [2.24, 2.45) is 0 Å². The molecule has 0 amide bonds. The van der Waals surface area contributed by atoms with Crippen LogP contribution in [0.3, 0.4) is 0 Å². The van der Waals surface area contributed by atoms with Crippen molar-refractivity contribution in [1.82, 2.24) is 14.6 Å². The van der Waals surface area contributed by atoms with E-state index in [9.17, 15) is 9.18 Å². The summed E-state index contributed by atoms with van der Waals surface area (Å²) in [5.41, 5.74) is 1.40. The van der Waals surface area contributed by atoms with Gasteiger partial charge in [-0.05, 0) is 48.0 Å². The predicted molar refractivity (Wildman–Crippen MR) is 120 cm³/mol. The van der Waals surface area contributed by atoms with Crippen molar-refractivity contribution >= 4 is 46.1 Å². The number of furan rings is 1. The number of halogens is 2. The first-order chi connectivity index (χ1) is 15.0. The zero-order chi connectivity index (χ0) is 21.4. The van der Waals surface area contributed by atoms with Crippen LogP contribution in [-0.4, -0.2) is 14.6 Å². The molecule has 0 unspecified atom stereocenters. The van der Waals surface area contributed by atoms with Gasteiger partial charge < -0.3 is 4.42 Å². The Balaban J connectivity index is 1.43. The molecule has 5 aromatic rings. The number of fused-ring (bicyclic) bond motifs is 1. The van der Waals surface area contributed by atoms with Gasteiger partial charge in [0.1, 0.15) is 21.9 Å². The second-order valence-electron chi connectivity index (χ2n) is 6.68. The number of nitrogens with zero attached hydrogens (tertiary/aromatic N) is 3. The molecule has 31 heavy (non-hydrogen) atoms. The molecule has 2 aromatic carbocycles. The summed E-state index contributed by atoms with van der Waals surface area (Å²) in [6.45, 7) is 0. The van der Waals surface area contributed by atoms with E-state index in [1.165, 1.54) is 28.0 Å². The maximum absolute atomic E-state index is 13.0. The Morgan fingerprint density at radius 1 is 1.06 bits per heavy atom. The Bertz CT molecular complexity index is 1530. The molecule has 0 aliphatic heterocycles. The molecule has 0 radical (unpaired) electrons. The third-order valence-corrected chi connectivity index (χ3v) is 5.70. The summed E-state index contributed by atoms with van der Waals surface area (Å²) in [5, 5.41) is 4.87. The highest BCUT2D eigenvalue weighted by atomic mass is 35.5. The molecule has 5 rings (SSSR count). The van der Waals surface area contributed by atoms with Crippen LogP contribution in [-0.2, 0) is 0 Å². The summed E-state index contributed by atoms with van der Waals surface area (Å²) in [6.07, 6.45) is 5.11. The lowest BCUT2D eigenvalue weighted by Gasteiger charge is -1.96. The molecule has 0 fully saturated rings. The normalized spacial score (nSPS) is 12.4. The van der Waals surface area contributed by atoms with Gasteiger partial charge in [0.05, 0.1) is 0 Å². The van der Waals surface area contributed by atoms with Crippen LogP contribution in [0.4, 0.5) is 4.39 Å². The van der Waals surface area contributed by atoms with E-state index in [0.29, 0.717) is 31.9 Å². The van der Waals surface area contributed by atoms with Crippen molar-refractivity contribution in [3.63, 3.8) is 0 Å². The van der Waals surface area contributed by atoms with Crippen LogP contribution in [0.1, 0.15) is 17.1 Å². The Kier molecular flexibility index (Phi) is 4.97. The fourth-order valence-electron chi connectivity index (χ4n) is 3.02. The van der Waals surface area contributed by atoms with E-state index in [4.69, 9.17) is 16.0 Å². The molecule has 0 atom stereocenters. The van der Waals surface area contributed by atoms with Crippen molar-refractivity contribution < 1.29 is 8.81 Å². The van der Waals surface area contributed by atoms with Gasteiger partial charge in [-0.15, -0.1) is 5.10 Å². The molecule has 0 bridgehead atoms. The van der Waals surface area contributed by atoms with Gasteiger partial charge in [-0.1, -0.05) is 53.3 Å². The Morgan fingerprint density at radius 2 is 1.90 bits per heavy atom. The highest BCUT2D eigenvalue weighted by Crippen LogP contribution is 2.25. The lowest BCUT2D eigenvalue weighted by molar-refractivity contribution is 0.571. The van der Waals surface area contributed by atoms with Gasteiger partial charge >= 0.3 is 0 Å². The summed E-state index contributed by atoms with van der Waals surface area (Å²) < 4.78 is 20.6. The van der Waals surface area contributed by atoms with E-state index in [0.717, 1.165) is 11.1 Å². The molecule has 0 saturated heterocycles. The Labute approximate surface area is 184 Å². The number of hydrogen-bond acceptors (Lipinski definition) is 5. The fraction of sp³-hybridized carbons (Fsp3) is 0.